The first-order chi connectivity index (χ1) is 9.31. The Balaban J connectivity index is 2.96. The lowest BCUT2D eigenvalue weighted by molar-refractivity contribution is -0.140. The Morgan fingerprint density at radius 3 is 2.20 bits per heavy atom. The van der Waals surface area contributed by atoms with Crippen molar-refractivity contribution in [3.05, 3.63) is 24.0 Å². The molecule has 0 unspecified atom stereocenters. The van der Waals surface area contributed by atoms with Gasteiger partial charge in [0.1, 0.15) is 18.8 Å². The summed E-state index contributed by atoms with van der Waals surface area (Å²) in [6.45, 7) is -2.39. The average molecular weight is 290 g/mol. The summed E-state index contributed by atoms with van der Waals surface area (Å²) in [7, 11) is 0. The van der Waals surface area contributed by atoms with Crippen molar-refractivity contribution in [3.8, 4) is 0 Å². The van der Waals surface area contributed by atoms with Gasteiger partial charge in [-0.25, -0.2) is 8.78 Å². The van der Waals surface area contributed by atoms with E-state index in [1.807, 2.05) is 0 Å². The van der Waals surface area contributed by atoms with Gasteiger partial charge in [-0.05, 0) is 12.1 Å². The van der Waals surface area contributed by atoms with Crippen LogP contribution in [0.3, 0.4) is 0 Å². The third-order valence-corrected chi connectivity index (χ3v) is 2.32. The molecule has 1 amide bonds. The van der Waals surface area contributed by atoms with Crippen molar-refractivity contribution in [2.24, 2.45) is 0 Å². The van der Waals surface area contributed by atoms with Crippen molar-refractivity contribution >= 4 is 17.8 Å². The molecule has 0 spiro atoms. The van der Waals surface area contributed by atoms with Crippen LogP contribution < -0.4 is 0 Å². The third-order valence-electron chi connectivity index (χ3n) is 2.32. The van der Waals surface area contributed by atoms with Crippen LogP contribution in [0, 0.1) is 0 Å². The minimum Gasteiger partial charge on any atom is -0.480 e. The number of carbonyl (C=O) groups excluding carboxylic acids is 1. The summed E-state index contributed by atoms with van der Waals surface area (Å²) in [5, 5.41) is 17.3. The lowest BCUT2D eigenvalue weighted by Crippen LogP contribution is -2.40. The first-order valence-electron chi connectivity index (χ1n) is 5.47. The second-order valence-electron chi connectivity index (χ2n) is 3.89. The topological polar surface area (TPSA) is 99.8 Å². The highest BCUT2D eigenvalue weighted by molar-refractivity contribution is 5.96. The Kier molecular flexibility index (Phi) is 5.18. The Morgan fingerprint density at radius 2 is 1.75 bits per heavy atom. The van der Waals surface area contributed by atoms with E-state index < -0.39 is 43.9 Å². The molecule has 1 rings (SSSR count). The number of aromatic nitrogens is 1. The van der Waals surface area contributed by atoms with Gasteiger partial charge in [0, 0.05) is 6.20 Å². The number of carboxylic acid groups (broad SMARTS) is 2. The molecule has 0 saturated heterocycles. The Labute approximate surface area is 112 Å². The quantitative estimate of drug-likeness (QED) is 0.755. The van der Waals surface area contributed by atoms with Gasteiger partial charge in [0.25, 0.3) is 12.3 Å². The van der Waals surface area contributed by atoms with Crippen molar-refractivity contribution in [2.75, 3.05) is 13.1 Å². The molecule has 0 atom stereocenters. The normalized spacial score (nSPS) is 10.6. The van der Waals surface area contributed by atoms with E-state index in [0.717, 1.165) is 4.57 Å². The number of hydrogen-bond acceptors (Lipinski definition) is 3. The number of carboxylic acids is 2. The van der Waals surface area contributed by atoms with Crippen LogP contribution in [-0.4, -0.2) is 57.0 Å². The predicted octanol–water partition coefficient (Wildman–Crippen LogP) is 0.365. The standard InChI is InChI=1S/C11H12F2N2O5/c12-8(13)4-14-3-1-2-7(14)11(20)15(5-9(16)17)6-10(18)19/h1-3,8H,4-6H2,(H,16,17)(H,18,19). The van der Waals surface area contributed by atoms with E-state index >= 15 is 0 Å². The molecule has 0 fully saturated rings. The molecule has 7 nitrogen and oxygen atoms in total. The number of nitrogens with zero attached hydrogens (tertiary/aromatic N) is 2. The highest BCUT2D eigenvalue weighted by Crippen LogP contribution is 2.09. The Morgan fingerprint density at radius 1 is 1.20 bits per heavy atom. The smallest absolute Gasteiger partial charge is 0.323 e. The van der Waals surface area contributed by atoms with E-state index in [0.29, 0.717) is 4.90 Å². The minimum absolute atomic E-state index is 0.187. The van der Waals surface area contributed by atoms with E-state index in [1.165, 1.54) is 18.3 Å². The molecule has 0 saturated carbocycles. The molecule has 0 aliphatic heterocycles. The lowest BCUT2D eigenvalue weighted by Gasteiger charge is -2.19. The van der Waals surface area contributed by atoms with Crippen LogP contribution in [0.15, 0.2) is 18.3 Å². The van der Waals surface area contributed by atoms with E-state index in [2.05, 4.69) is 0 Å². The number of carbonyl (C=O) groups is 3. The van der Waals surface area contributed by atoms with Gasteiger partial charge < -0.3 is 19.7 Å². The highest BCUT2D eigenvalue weighted by atomic mass is 19.3. The van der Waals surface area contributed by atoms with Crippen molar-refractivity contribution in [1.29, 1.82) is 0 Å². The first kappa shape index (κ1) is 15.6. The predicted molar refractivity (Wildman–Crippen MR) is 61.6 cm³/mol. The van der Waals surface area contributed by atoms with Crippen molar-refractivity contribution in [1.82, 2.24) is 9.47 Å². The van der Waals surface area contributed by atoms with Crippen molar-refractivity contribution < 1.29 is 33.4 Å². The lowest BCUT2D eigenvalue weighted by atomic mass is 10.3. The summed E-state index contributed by atoms with van der Waals surface area (Å²) < 4.78 is 25.6. The van der Waals surface area contributed by atoms with Gasteiger partial charge in [-0.15, -0.1) is 0 Å². The van der Waals surface area contributed by atoms with Crippen molar-refractivity contribution in [3.63, 3.8) is 0 Å². The molecule has 110 valence electrons. The van der Waals surface area contributed by atoms with E-state index in [1.54, 1.807) is 0 Å². The van der Waals surface area contributed by atoms with Gasteiger partial charge in [-0.1, -0.05) is 0 Å². The Bertz CT molecular complexity index is 499. The number of rotatable bonds is 7. The number of amides is 1. The summed E-state index contributed by atoms with van der Waals surface area (Å²) in [6, 6.07) is 2.57. The van der Waals surface area contributed by atoms with Crippen LogP contribution in [0.25, 0.3) is 0 Å². The number of hydrogen-bond donors (Lipinski definition) is 2. The summed E-state index contributed by atoms with van der Waals surface area (Å²) in [5.41, 5.74) is -0.187. The zero-order valence-electron chi connectivity index (χ0n) is 10.2. The maximum absolute atomic E-state index is 12.3. The highest BCUT2D eigenvalue weighted by Gasteiger charge is 2.24. The van der Waals surface area contributed by atoms with Crippen LogP contribution in [0.5, 0.6) is 0 Å². The van der Waals surface area contributed by atoms with Crippen LogP contribution >= 0.6 is 0 Å². The fraction of sp³-hybridized carbons (Fsp3) is 0.364. The molecule has 9 heteroatoms. The van der Waals surface area contributed by atoms with Crippen molar-refractivity contribution in [2.45, 2.75) is 13.0 Å². The zero-order valence-corrected chi connectivity index (χ0v) is 10.2. The molecule has 0 aliphatic rings. The Hall–Kier alpha value is -2.45. The maximum Gasteiger partial charge on any atom is 0.323 e. The number of aliphatic carboxylic acids is 2. The molecular weight excluding hydrogens is 278 g/mol. The minimum atomic E-state index is -2.69. The second-order valence-corrected chi connectivity index (χ2v) is 3.89. The monoisotopic (exact) mass is 290 g/mol. The molecule has 1 aromatic rings. The average Bonchev–Trinajstić information content (AvgIpc) is 2.73. The van der Waals surface area contributed by atoms with E-state index in [9.17, 15) is 23.2 Å². The number of halogens is 2. The fourth-order valence-corrected chi connectivity index (χ4v) is 1.60. The molecule has 0 radical (unpaired) electrons. The molecule has 0 bridgehead atoms. The largest absolute Gasteiger partial charge is 0.480 e. The van der Waals surface area contributed by atoms with Gasteiger partial charge >= 0.3 is 11.9 Å². The van der Waals surface area contributed by atoms with Crippen LogP contribution in [0.1, 0.15) is 10.5 Å². The fourth-order valence-electron chi connectivity index (χ4n) is 1.60. The molecular formula is C11H12F2N2O5. The van der Waals surface area contributed by atoms with Crippen LogP contribution in [-0.2, 0) is 16.1 Å². The van der Waals surface area contributed by atoms with Crippen LogP contribution in [0.2, 0.25) is 0 Å². The van der Waals surface area contributed by atoms with Gasteiger partial charge in [-0.2, -0.15) is 0 Å². The molecule has 1 heterocycles. The SMILES string of the molecule is O=C(O)CN(CC(=O)O)C(=O)c1cccn1CC(F)F. The summed E-state index contributed by atoms with van der Waals surface area (Å²) in [4.78, 5) is 33.8. The van der Waals surface area contributed by atoms with Crippen LogP contribution in [0.4, 0.5) is 8.78 Å². The zero-order chi connectivity index (χ0) is 15.3. The summed E-state index contributed by atoms with van der Waals surface area (Å²) >= 11 is 0. The third kappa shape index (κ3) is 4.34. The van der Waals surface area contributed by atoms with Gasteiger partial charge in [-0.3, -0.25) is 14.4 Å². The van der Waals surface area contributed by atoms with Gasteiger partial charge in [0.05, 0.1) is 6.54 Å². The van der Waals surface area contributed by atoms with Gasteiger partial charge in [0.2, 0.25) is 0 Å². The first-order valence-corrected chi connectivity index (χ1v) is 5.47. The van der Waals surface area contributed by atoms with E-state index in [-0.39, 0.29) is 5.69 Å². The molecule has 20 heavy (non-hydrogen) atoms. The summed E-state index contributed by atoms with van der Waals surface area (Å²) in [5.74, 6) is -3.72. The molecule has 2 N–H and O–H groups in total. The molecule has 0 aromatic carbocycles. The molecule has 0 aliphatic carbocycles. The second kappa shape index (κ2) is 6.64. The molecule has 1 aromatic heterocycles. The maximum atomic E-state index is 12.3. The summed E-state index contributed by atoms with van der Waals surface area (Å²) in [6.07, 6.45) is -1.46. The van der Waals surface area contributed by atoms with Gasteiger partial charge in [0.15, 0.2) is 0 Å². The number of alkyl halides is 2. The van der Waals surface area contributed by atoms with E-state index in [4.69, 9.17) is 10.2 Å².